The molecular formula is C21H21Cl2NO3. The van der Waals surface area contributed by atoms with Crippen LogP contribution in [-0.4, -0.2) is 24.2 Å². The Kier molecular flexibility index (Phi) is 7.41. The zero-order chi connectivity index (χ0) is 20.0. The smallest absolute Gasteiger partial charge is 0.258 e. The number of carbonyl (C=O) groups excluding carboxylic acids is 1. The van der Waals surface area contributed by atoms with Crippen molar-refractivity contribution in [3.8, 4) is 23.8 Å². The first kappa shape index (κ1) is 21.0. The van der Waals surface area contributed by atoms with Gasteiger partial charge in [0.05, 0.1) is 6.54 Å². The van der Waals surface area contributed by atoms with Crippen LogP contribution in [-0.2, 0) is 11.2 Å². The number of amides is 1. The molecule has 6 heteroatoms. The van der Waals surface area contributed by atoms with E-state index in [-0.39, 0.29) is 30.7 Å². The Morgan fingerprint density at radius 3 is 2.52 bits per heavy atom. The summed E-state index contributed by atoms with van der Waals surface area (Å²) in [6, 6.07) is 8.72. The second-order valence-corrected chi connectivity index (χ2v) is 7.17. The van der Waals surface area contributed by atoms with E-state index in [1.807, 2.05) is 26.0 Å². The first-order valence-electron chi connectivity index (χ1n) is 8.44. The molecule has 0 unspecified atom stereocenters. The van der Waals surface area contributed by atoms with Crippen molar-refractivity contribution < 1.29 is 14.6 Å². The number of ether oxygens (including phenoxy) is 1. The molecule has 1 amide bonds. The standard InChI is InChI=1S/C21H21Cl2NO3/c1-4-7-24-21(26)12-27-15-10-18(22)17(19(23)11-15)9-14-5-6-20(25)16(8-14)13(2)3/h1,5-6,8,10-11,13,25H,7,9,12H2,2-3H3,(H,24,26). The maximum Gasteiger partial charge on any atom is 0.258 e. The number of phenolic OH excluding ortho intramolecular Hbond substituents is 1. The Morgan fingerprint density at radius 1 is 1.26 bits per heavy atom. The van der Waals surface area contributed by atoms with Crippen molar-refractivity contribution in [1.29, 1.82) is 0 Å². The number of aromatic hydroxyl groups is 1. The fourth-order valence-electron chi connectivity index (χ4n) is 2.56. The minimum atomic E-state index is -0.324. The fraction of sp³-hybridized carbons (Fsp3) is 0.286. The lowest BCUT2D eigenvalue weighted by Gasteiger charge is -2.14. The highest BCUT2D eigenvalue weighted by Gasteiger charge is 2.13. The van der Waals surface area contributed by atoms with Gasteiger partial charge in [0, 0.05) is 16.5 Å². The molecule has 2 aromatic rings. The molecule has 0 aliphatic rings. The molecule has 0 aliphatic carbocycles. The van der Waals surface area contributed by atoms with Crippen molar-refractivity contribution in [1.82, 2.24) is 5.32 Å². The van der Waals surface area contributed by atoms with Gasteiger partial charge in [-0.2, -0.15) is 0 Å². The summed E-state index contributed by atoms with van der Waals surface area (Å²) < 4.78 is 5.42. The quantitative estimate of drug-likeness (QED) is 0.664. The molecule has 2 N–H and O–H groups in total. The van der Waals surface area contributed by atoms with Gasteiger partial charge in [0.25, 0.3) is 5.91 Å². The van der Waals surface area contributed by atoms with Crippen LogP contribution in [0.5, 0.6) is 11.5 Å². The van der Waals surface area contributed by atoms with Gasteiger partial charge in [0.15, 0.2) is 6.61 Å². The zero-order valence-corrected chi connectivity index (χ0v) is 16.7. The van der Waals surface area contributed by atoms with Gasteiger partial charge in [0.2, 0.25) is 0 Å². The normalized spacial score (nSPS) is 10.5. The maximum atomic E-state index is 11.5. The summed E-state index contributed by atoms with van der Waals surface area (Å²) in [5.41, 5.74) is 2.61. The van der Waals surface area contributed by atoms with Crippen LogP contribution in [0.4, 0.5) is 0 Å². The van der Waals surface area contributed by atoms with Crippen LogP contribution in [0.3, 0.4) is 0 Å². The molecule has 0 bridgehead atoms. The molecule has 2 aromatic carbocycles. The number of hydrogen-bond acceptors (Lipinski definition) is 3. The van der Waals surface area contributed by atoms with Crippen molar-refractivity contribution in [3.63, 3.8) is 0 Å². The molecule has 4 nitrogen and oxygen atoms in total. The molecule has 0 aliphatic heterocycles. The molecule has 0 heterocycles. The molecule has 0 saturated carbocycles. The number of nitrogens with one attached hydrogen (secondary N) is 1. The third-order valence-corrected chi connectivity index (χ3v) is 4.64. The summed E-state index contributed by atoms with van der Waals surface area (Å²) in [5.74, 6) is 2.87. The highest BCUT2D eigenvalue weighted by molar-refractivity contribution is 6.36. The Labute approximate surface area is 169 Å². The number of terminal acetylenes is 1. The first-order chi connectivity index (χ1) is 12.8. The average Bonchev–Trinajstić information content (AvgIpc) is 2.62. The Morgan fingerprint density at radius 2 is 1.93 bits per heavy atom. The van der Waals surface area contributed by atoms with Gasteiger partial charge in [-0.3, -0.25) is 4.79 Å². The van der Waals surface area contributed by atoms with Crippen molar-refractivity contribution in [2.45, 2.75) is 26.2 Å². The molecule has 0 aromatic heterocycles. The molecular weight excluding hydrogens is 385 g/mol. The van der Waals surface area contributed by atoms with E-state index in [4.69, 9.17) is 34.4 Å². The summed E-state index contributed by atoms with van der Waals surface area (Å²) in [4.78, 5) is 11.5. The van der Waals surface area contributed by atoms with Gasteiger partial charge in [-0.25, -0.2) is 0 Å². The summed E-state index contributed by atoms with van der Waals surface area (Å²) in [6.07, 6.45) is 5.60. The molecule has 142 valence electrons. The number of rotatable bonds is 7. The molecule has 2 rings (SSSR count). The van der Waals surface area contributed by atoms with E-state index in [0.717, 1.165) is 16.7 Å². The SMILES string of the molecule is C#CCNC(=O)COc1cc(Cl)c(Cc2ccc(O)c(C(C)C)c2)c(Cl)c1. The largest absolute Gasteiger partial charge is 0.508 e. The summed E-state index contributed by atoms with van der Waals surface area (Å²) in [7, 11) is 0. The lowest BCUT2D eigenvalue weighted by atomic mass is 9.96. The topological polar surface area (TPSA) is 58.6 Å². The predicted molar refractivity (Wildman–Crippen MR) is 109 cm³/mol. The molecule has 0 saturated heterocycles. The van der Waals surface area contributed by atoms with Crippen LogP contribution in [0, 0.1) is 12.3 Å². The van der Waals surface area contributed by atoms with Crippen LogP contribution < -0.4 is 10.1 Å². The highest BCUT2D eigenvalue weighted by Crippen LogP contribution is 2.33. The second-order valence-electron chi connectivity index (χ2n) is 6.36. The second kappa shape index (κ2) is 9.55. The molecule has 0 atom stereocenters. The van der Waals surface area contributed by atoms with E-state index >= 15 is 0 Å². The molecule has 0 radical (unpaired) electrons. The predicted octanol–water partition coefficient (Wildman–Crippen LogP) is 4.54. The van der Waals surface area contributed by atoms with Crippen molar-refractivity contribution in [3.05, 3.63) is 57.1 Å². The highest BCUT2D eigenvalue weighted by atomic mass is 35.5. The first-order valence-corrected chi connectivity index (χ1v) is 9.20. The Bertz CT molecular complexity index is 849. The molecule has 0 spiro atoms. The minimum absolute atomic E-state index is 0.146. The van der Waals surface area contributed by atoms with Crippen LogP contribution in [0.25, 0.3) is 0 Å². The van der Waals surface area contributed by atoms with Crippen LogP contribution in [0.15, 0.2) is 30.3 Å². The number of benzene rings is 2. The van der Waals surface area contributed by atoms with Gasteiger partial charge in [0.1, 0.15) is 11.5 Å². The third-order valence-electron chi connectivity index (χ3n) is 3.97. The number of hydrogen-bond donors (Lipinski definition) is 2. The van der Waals surface area contributed by atoms with Crippen molar-refractivity contribution in [2.75, 3.05) is 13.2 Å². The monoisotopic (exact) mass is 405 g/mol. The number of phenols is 1. The average molecular weight is 406 g/mol. The van der Waals surface area contributed by atoms with E-state index in [2.05, 4.69) is 11.2 Å². The number of carbonyl (C=O) groups is 1. The van der Waals surface area contributed by atoms with E-state index in [1.54, 1.807) is 18.2 Å². The van der Waals surface area contributed by atoms with Gasteiger partial charge >= 0.3 is 0 Å². The Balaban J connectivity index is 2.14. The van der Waals surface area contributed by atoms with Gasteiger partial charge in [-0.1, -0.05) is 55.1 Å². The van der Waals surface area contributed by atoms with Gasteiger partial charge in [-0.05, 0) is 40.8 Å². The fourth-order valence-corrected chi connectivity index (χ4v) is 3.16. The van der Waals surface area contributed by atoms with E-state index < -0.39 is 0 Å². The number of halogens is 2. The Hall–Kier alpha value is -2.35. The summed E-state index contributed by atoms with van der Waals surface area (Å²) in [6.45, 7) is 4.01. The minimum Gasteiger partial charge on any atom is -0.508 e. The van der Waals surface area contributed by atoms with E-state index in [0.29, 0.717) is 22.2 Å². The van der Waals surface area contributed by atoms with Gasteiger partial charge in [-0.15, -0.1) is 6.42 Å². The van der Waals surface area contributed by atoms with Crippen molar-refractivity contribution >= 4 is 29.1 Å². The summed E-state index contributed by atoms with van der Waals surface area (Å²) >= 11 is 12.8. The maximum absolute atomic E-state index is 11.5. The van der Waals surface area contributed by atoms with Crippen LogP contribution in [0.1, 0.15) is 36.5 Å². The van der Waals surface area contributed by atoms with Crippen molar-refractivity contribution in [2.24, 2.45) is 0 Å². The van der Waals surface area contributed by atoms with Crippen LogP contribution in [0.2, 0.25) is 10.0 Å². The third kappa shape index (κ3) is 5.82. The van der Waals surface area contributed by atoms with E-state index in [1.165, 1.54) is 0 Å². The lowest BCUT2D eigenvalue weighted by Crippen LogP contribution is -2.29. The van der Waals surface area contributed by atoms with E-state index in [9.17, 15) is 9.90 Å². The van der Waals surface area contributed by atoms with Crippen LogP contribution >= 0.6 is 23.2 Å². The molecule has 0 fully saturated rings. The zero-order valence-electron chi connectivity index (χ0n) is 15.2. The lowest BCUT2D eigenvalue weighted by molar-refractivity contribution is -0.122. The summed E-state index contributed by atoms with van der Waals surface area (Å²) in [5, 5.41) is 13.4. The van der Waals surface area contributed by atoms with Gasteiger partial charge < -0.3 is 15.2 Å². The molecule has 27 heavy (non-hydrogen) atoms.